The highest BCUT2D eigenvalue weighted by Gasteiger charge is 2.33. The van der Waals surface area contributed by atoms with E-state index >= 15 is 0 Å². The van der Waals surface area contributed by atoms with Crippen LogP contribution in [0.25, 0.3) is 0 Å². The maximum absolute atomic E-state index is 13.7. The van der Waals surface area contributed by atoms with Gasteiger partial charge < -0.3 is 10.2 Å². The fraction of sp³-hybridized carbons (Fsp3) is 0.259. The number of benzene rings is 3. The number of nitrogens with one attached hydrogen (secondary N) is 1. The van der Waals surface area contributed by atoms with Crippen molar-refractivity contribution < 1.29 is 22.4 Å². The molecule has 0 heterocycles. The number of hydrogen-bond donors (Lipinski definition) is 1. The first kappa shape index (κ1) is 26.9. The Bertz CT molecular complexity index is 1280. The molecule has 0 bridgehead atoms. The summed E-state index contributed by atoms with van der Waals surface area (Å²) >= 11 is 0. The van der Waals surface area contributed by atoms with Gasteiger partial charge in [-0.05, 0) is 55.3 Å². The molecule has 0 aliphatic carbocycles. The van der Waals surface area contributed by atoms with E-state index in [9.17, 15) is 22.4 Å². The van der Waals surface area contributed by atoms with E-state index in [1.54, 1.807) is 19.1 Å². The SMILES string of the molecule is CCC(C(=O)NC)N(Cc1ccccc1)C(=O)CN(c1ccc(F)cc1)S(=O)(=O)c1ccc(C)cc1. The van der Waals surface area contributed by atoms with E-state index in [1.165, 1.54) is 36.2 Å². The van der Waals surface area contributed by atoms with Crippen LogP contribution in [0.3, 0.4) is 0 Å². The van der Waals surface area contributed by atoms with Gasteiger partial charge in [-0.15, -0.1) is 0 Å². The normalized spacial score (nSPS) is 12.0. The van der Waals surface area contributed by atoms with Crippen molar-refractivity contribution in [3.63, 3.8) is 0 Å². The molecule has 0 saturated carbocycles. The Morgan fingerprint density at radius 2 is 1.56 bits per heavy atom. The van der Waals surface area contributed by atoms with Gasteiger partial charge in [-0.3, -0.25) is 13.9 Å². The molecule has 3 rings (SSSR count). The Morgan fingerprint density at radius 3 is 2.11 bits per heavy atom. The molecule has 2 amide bonds. The lowest BCUT2D eigenvalue weighted by molar-refractivity contribution is -0.140. The number of halogens is 1. The third kappa shape index (κ3) is 6.28. The monoisotopic (exact) mass is 511 g/mol. The average molecular weight is 512 g/mol. The van der Waals surface area contributed by atoms with Crippen molar-refractivity contribution in [1.29, 1.82) is 0 Å². The highest BCUT2D eigenvalue weighted by Crippen LogP contribution is 2.25. The Morgan fingerprint density at radius 1 is 0.944 bits per heavy atom. The van der Waals surface area contributed by atoms with Gasteiger partial charge in [-0.25, -0.2) is 12.8 Å². The third-order valence-corrected chi connectivity index (χ3v) is 7.62. The van der Waals surface area contributed by atoms with Crippen LogP contribution < -0.4 is 9.62 Å². The maximum atomic E-state index is 13.7. The molecule has 7 nitrogen and oxygen atoms in total. The summed E-state index contributed by atoms with van der Waals surface area (Å²) in [4.78, 5) is 27.7. The van der Waals surface area contributed by atoms with Crippen molar-refractivity contribution in [1.82, 2.24) is 10.2 Å². The number of anilines is 1. The van der Waals surface area contributed by atoms with Gasteiger partial charge in [-0.2, -0.15) is 0 Å². The van der Waals surface area contributed by atoms with Gasteiger partial charge in [0.05, 0.1) is 10.6 Å². The summed E-state index contributed by atoms with van der Waals surface area (Å²) in [5, 5.41) is 2.58. The quantitative estimate of drug-likeness (QED) is 0.448. The fourth-order valence-electron chi connectivity index (χ4n) is 3.84. The van der Waals surface area contributed by atoms with Crippen LogP contribution in [0.4, 0.5) is 10.1 Å². The molecule has 0 aromatic heterocycles. The molecule has 0 fully saturated rings. The second-order valence-electron chi connectivity index (χ2n) is 8.35. The molecule has 0 aliphatic rings. The van der Waals surface area contributed by atoms with Crippen molar-refractivity contribution in [2.24, 2.45) is 0 Å². The molecule has 0 saturated heterocycles. The van der Waals surface area contributed by atoms with Crippen molar-refractivity contribution in [3.05, 3.63) is 95.8 Å². The summed E-state index contributed by atoms with van der Waals surface area (Å²) in [5.41, 5.74) is 1.81. The van der Waals surface area contributed by atoms with Gasteiger partial charge >= 0.3 is 0 Å². The van der Waals surface area contributed by atoms with E-state index in [2.05, 4.69) is 5.32 Å². The fourth-order valence-corrected chi connectivity index (χ4v) is 5.25. The van der Waals surface area contributed by atoms with E-state index < -0.39 is 34.3 Å². The van der Waals surface area contributed by atoms with Crippen LogP contribution in [-0.2, 0) is 26.2 Å². The number of rotatable bonds is 10. The minimum absolute atomic E-state index is 0.00169. The minimum atomic E-state index is -4.18. The van der Waals surface area contributed by atoms with Crippen molar-refractivity contribution in [3.8, 4) is 0 Å². The smallest absolute Gasteiger partial charge is 0.264 e. The summed E-state index contributed by atoms with van der Waals surface area (Å²) in [6, 6.07) is 19.5. The van der Waals surface area contributed by atoms with Crippen LogP contribution in [0.5, 0.6) is 0 Å². The lowest BCUT2D eigenvalue weighted by Gasteiger charge is -2.33. The number of carbonyl (C=O) groups excluding carboxylic acids is 2. The zero-order valence-corrected chi connectivity index (χ0v) is 21.3. The van der Waals surface area contributed by atoms with E-state index in [-0.39, 0.29) is 23.0 Å². The lowest BCUT2D eigenvalue weighted by Crippen LogP contribution is -2.51. The van der Waals surface area contributed by atoms with E-state index in [4.69, 9.17) is 0 Å². The molecule has 1 atom stereocenters. The summed E-state index contributed by atoms with van der Waals surface area (Å²) < 4.78 is 41.9. The molecule has 190 valence electrons. The largest absolute Gasteiger partial charge is 0.357 e. The zero-order chi connectivity index (χ0) is 26.3. The molecular formula is C27H30FN3O4S. The predicted molar refractivity (Wildman–Crippen MR) is 137 cm³/mol. The van der Waals surface area contributed by atoms with Crippen molar-refractivity contribution >= 4 is 27.5 Å². The number of carbonyl (C=O) groups is 2. The molecule has 3 aromatic carbocycles. The van der Waals surface area contributed by atoms with E-state index in [0.717, 1.165) is 27.6 Å². The summed E-state index contributed by atoms with van der Waals surface area (Å²) in [5.74, 6) is -1.44. The van der Waals surface area contributed by atoms with Gasteiger partial charge in [0.1, 0.15) is 18.4 Å². The Kier molecular flexibility index (Phi) is 8.82. The number of nitrogens with zero attached hydrogens (tertiary/aromatic N) is 2. The highest BCUT2D eigenvalue weighted by atomic mass is 32.2. The zero-order valence-electron chi connectivity index (χ0n) is 20.5. The van der Waals surface area contributed by atoms with Crippen LogP contribution in [0.1, 0.15) is 24.5 Å². The Balaban J connectivity index is 2.04. The summed E-state index contributed by atoms with van der Waals surface area (Å²) in [6.45, 7) is 3.17. The van der Waals surface area contributed by atoms with E-state index in [0.29, 0.717) is 6.42 Å². The van der Waals surface area contributed by atoms with Crippen molar-refractivity contribution in [2.45, 2.75) is 37.8 Å². The number of hydrogen-bond acceptors (Lipinski definition) is 4. The Hall–Kier alpha value is -3.72. The topological polar surface area (TPSA) is 86.8 Å². The molecule has 0 radical (unpaired) electrons. The molecule has 1 unspecified atom stereocenters. The van der Waals surface area contributed by atoms with Gasteiger partial charge in [0.15, 0.2) is 0 Å². The third-order valence-electron chi connectivity index (χ3n) is 5.83. The summed E-state index contributed by atoms with van der Waals surface area (Å²) in [6.07, 6.45) is 0.333. The predicted octanol–water partition coefficient (Wildman–Crippen LogP) is 3.88. The number of aryl methyl sites for hydroxylation is 1. The van der Waals surface area contributed by atoms with Crippen molar-refractivity contribution in [2.75, 3.05) is 17.9 Å². The number of sulfonamides is 1. The first-order valence-corrected chi connectivity index (χ1v) is 13.0. The van der Waals surface area contributed by atoms with Crippen LogP contribution in [0, 0.1) is 12.7 Å². The molecular weight excluding hydrogens is 481 g/mol. The van der Waals surface area contributed by atoms with Gasteiger partial charge in [0, 0.05) is 13.6 Å². The van der Waals surface area contributed by atoms with Crippen LogP contribution in [0.2, 0.25) is 0 Å². The first-order valence-electron chi connectivity index (χ1n) is 11.6. The highest BCUT2D eigenvalue weighted by molar-refractivity contribution is 7.92. The van der Waals surface area contributed by atoms with Gasteiger partial charge in [0.2, 0.25) is 11.8 Å². The van der Waals surface area contributed by atoms with Gasteiger partial charge in [0.25, 0.3) is 10.0 Å². The van der Waals surface area contributed by atoms with Crippen LogP contribution in [0.15, 0.2) is 83.8 Å². The summed E-state index contributed by atoms with van der Waals surface area (Å²) in [7, 11) is -2.69. The molecule has 3 aromatic rings. The first-order chi connectivity index (χ1) is 17.2. The average Bonchev–Trinajstić information content (AvgIpc) is 2.88. The number of amides is 2. The second kappa shape index (κ2) is 11.8. The molecule has 36 heavy (non-hydrogen) atoms. The molecule has 1 N–H and O–H groups in total. The molecule has 0 spiro atoms. The Labute approximate surface area is 211 Å². The van der Waals surface area contributed by atoms with Crippen LogP contribution in [-0.4, -0.2) is 44.8 Å². The second-order valence-corrected chi connectivity index (χ2v) is 10.2. The minimum Gasteiger partial charge on any atom is -0.357 e. The lowest BCUT2D eigenvalue weighted by atomic mass is 10.1. The van der Waals surface area contributed by atoms with E-state index in [1.807, 2.05) is 37.3 Å². The van der Waals surface area contributed by atoms with Gasteiger partial charge in [-0.1, -0.05) is 55.0 Å². The number of likely N-dealkylation sites (N-methyl/N-ethyl adjacent to an activating group) is 1. The van der Waals surface area contributed by atoms with Crippen LogP contribution >= 0.6 is 0 Å². The maximum Gasteiger partial charge on any atom is 0.264 e. The standard InChI is InChI=1S/C27H30FN3O4S/c1-4-25(27(33)29-3)30(18-21-8-6-5-7-9-21)26(32)19-31(23-14-12-22(28)13-15-23)36(34,35)24-16-10-20(2)11-17-24/h5-17,25H,4,18-19H2,1-3H3,(H,29,33). The molecule has 0 aliphatic heterocycles. The molecule has 9 heteroatoms.